The summed E-state index contributed by atoms with van der Waals surface area (Å²) in [5, 5.41) is 11.8. The molecule has 4 heteroatoms. The topological polar surface area (TPSA) is 49.3 Å². The lowest BCUT2D eigenvalue weighted by Gasteiger charge is -2.41. The second-order valence-corrected chi connectivity index (χ2v) is 6.98. The van der Waals surface area contributed by atoms with E-state index >= 15 is 0 Å². The number of aryl methyl sites for hydroxylation is 1. The highest BCUT2D eigenvalue weighted by atomic mass is 32.2. The van der Waals surface area contributed by atoms with Gasteiger partial charge < -0.3 is 10.4 Å². The lowest BCUT2D eigenvalue weighted by atomic mass is 9.63. The second kappa shape index (κ2) is 7.85. The van der Waals surface area contributed by atoms with Gasteiger partial charge in [0.15, 0.2) is 0 Å². The molecule has 116 valence electrons. The van der Waals surface area contributed by atoms with Crippen LogP contribution in [-0.4, -0.2) is 35.7 Å². The maximum atomic E-state index is 12.6. The molecule has 1 saturated carbocycles. The Hall–Kier alpha value is -1.00. The fourth-order valence-electron chi connectivity index (χ4n) is 2.79. The summed E-state index contributed by atoms with van der Waals surface area (Å²) in [7, 11) is 0. The largest absolute Gasteiger partial charge is 0.396 e. The van der Waals surface area contributed by atoms with E-state index in [1.807, 2.05) is 6.07 Å². The van der Waals surface area contributed by atoms with Crippen LogP contribution in [0.25, 0.3) is 0 Å². The van der Waals surface area contributed by atoms with Crippen LogP contribution in [0.3, 0.4) is 0 Å². The Kier molecular flexibility index (Phi) is 6.12. The molecule has 0 heterocycles. The highest BCUT2D eigenvalue weighted by Gasteiger charge is 2.45. The Morgan fingerprint density at radius 1 is 1.38 bits per heavy atom. The normalized spacial score (nSPS) is 16.3. The van der Waals surface area contributed by atoms with Crippen molar-refractivity contribution in [3.05, 3.63) is 35.4 Å². The number of carbonyl (C=O) groups is 1. The first-order chi connectivity index (χ1) is 10.2. The second-order valence-electron chi connectivity index (χ2n) is 5.75. The lowest BCUT2D eigenvalue weighted by Crippen LogP contribution is -2.49. The van der Waals surface area contributed by atoms with Gasteiger partial charge >= 0.3 is 0 Å². The van der Waals surface area contributed by atoms with Crippen molar-refractivity contribution in [2.24, 2.45) is 0 Å². The maximum Gasteiger partial charge on any atom is 0.230 e. The number of nitrogens with one attached hydrogen (secondary N) is 1. The number of amides is 1. The van der Waals surface area contributed by atoms with Crippen LogP contribution in [0.2, 0.25) is 0 Å². The summed E-state index contributed by atoms with van der Waals surface area (Å²) < 4.78 is 0. The van der Waals surface area contributed by atoms with Crippen molar-refractivity contribution < 1.29 is 9.90 Å². The Balaban J connectivity index is 1.87. The predicted molar refractivity (Wildman–Crippen MR) is 88.7 cm³/mol. The van der Waals surface area contributed by atoms with E-state index in [-0.39, 0.29) is 17.9 Å². The molecule has 3 nitrogen and oxygen atoms in total. The molecule has 1 aliphatic rings. The Bertz CT molecular complexity index is 472. The number of carbonyl (C=O) groups excluding carboxylic acids is 1. The minimum absolute atomic E-state index is 0.183. The molecule has 2 N–H and O–H groups in total. The van der Waals surface area contributed by atoms with Crippen LogP contribution in [0.15, 0.2) is 24.3 Å². The first-order valence-corrected chi connectivity index (χ1v) is 8.88. The van der Waals surface area contributed by atoms with Gasteiger partial charge in [-0.2, -0.15) is 11.8 Å². The van der Waals surface area contributed by atoms with Crippen molar-refractivity contribution in [2.45, 2.75) is 38.0 Å². The van der Waals surface area contributed by atoms with Crippen LogP contribution in [0.1, 0.15) is 36.8 Å². The molecule has 2 rings (SSSR count). The summed E-state index contributed by atoms with van der Waals surface area (Å²) in [6.45, 7) is 3.03. The average Bonchev–Trinajstić information content (AvgIpc) is 2.41. The Labute approximate surface area is 131 Å². The summed E-state index contributed by atoms with van der Waals surface area (Å²) in [6.07, 6.45) is 3.87. The van der Waals surface area contributed by atoms with E-state index in [2.05, 4.69) is 30.4 Å². The molecule has 1 aliphatic carbocycles. The van der Waals surface area contributed by atoms with Gasteiger partial charge in [-0.1, -0.05) is 36.2 Å². The van der Waals surface area contributed by atoms with Crippen molar-refractivity contribution in [3.8, 4) is 0 Å². The van der Waals surface area contributed by atoms with Gasteiger partial charge in [0.2, 0.25) is 5.91 Å². The van der Waals surface area contributed by atoms with Crippen LogP contribution in [0.4, 0.5) is 0 Å². The van der Waals surface area contributed by atoms with Crippen molar-refractivity contribution in [2.75, 3.05) is 24.7 Å². The Morgan fingerprint density at radius 3 is 2.81 bits per heavy atom. The number of benzene rings is 1. The van der Waals surface area contributed by atoms with Gasteiger partial charge in [-0.3, -0.25) is 4.79 Å². The number of thioether (sulfide) groups is 1. The highest BCUT2D eigenvalue weighted by Crippen LogP contribution is 2.44. The first kappa shape index (κ1) is 16.4. The molecule has 1 amide bonds. The van der Waals surface area contributed by atoms with Crippen molar-refractivity contribution in [1.82, 2.24) is 5.32 Å². The lowest BCUT2D eigenvalue weighted by molar-refractivity contribution is -0.129. The maximum absolute atomic E-state index is 12.6. The third kappa shape index (κ3) is 4.01. The fourth-order valence-corrected chi connectivity index (χ4v) is 3.58. The minimum Gasteiger partial charge on any atom is -0.396 e. The van der Waals surface area contributed by atoms with Crippen LogP contribution in [0.5, 0.6) is 0 Å². The molecule has 1 fully saturated rings. The van der Waals surface area contributed by atoms with Gasteiger partial charge in [0, 0.05) is 18.9 Å². The number of aliphatic hydroxyl groups excluding tert-OH is 1. The van der Waals surface area contributed by atoms with Crippen LogP contribution < -0.4 is 5.32 Å². The van der Waals surface area contributed by atoms with Crippen LogP contribution in [0, 0.1) is 6.92 Å². The van der Waals surface area contributed by atoms with E-state index in [0.717, 1.165) is 37.2 Å². The van der Waals surface area contributed by atoms with Gasteiger partial charge in [0.1, 0.15) is 0 Å². The summed E-state index contributed by atoms with van der Waals surface area (Å²) >= 11 is 1.78. The molecule has 0 spiro atoms. The average molecular weight is 307 g/mol. The minimum atomic E-state index is -0.290. The van der Waals surface area contributed by atoms with Crippen LogP contribution >= 0.6 is 11.8 Å². The molecule has 1 aromatic carbocycles. The number of aliphatic hydroxyl groups is 1. The molecule has 21 heavy (non-hydrogen) atoms. The smallest absolute Gasteiger partial charge is 0.230 e. The Morgan fingerprint density at radius 2 is 2.19 bits per heavy atom. The standard InChI is InChI=1S/C17H25NO2S/c1-14-5-2-6-15(13-14)17(7-3-8-17)16(20)18-9-12-21-11-4-10-19/h2,5-6,13,19H,3-4,7-12H2,1H3,(H,18,20). The first-order valence-electron chi connectivity index (χ1n) is 7.73. The molecule has 0 aromatic heterocycles. The van der Waals surface area contributed by atoms with Gasteiger partial charge in [-0.15, -0.1) is 0 Å². The zero-order valence-corrected chi connectivity index (χ0v) is 13.5. The van der Waals surface area contributed by atoms with Crippen molar-refractivity contribution >= 4 is 17.7 Å². The van der Waals surface area contributed by atoms with Gasteiger partial charge in [0.25, 0.3) is 0 Å². The monoisotopic (exact) mass is 307 g/mol. The van der Waals surface area contributed by atoms with E-state index in [0.29, 0.717) is 6.54 Å². The number of hydrogen-bond acceptors (Lipinski definition) is 3. The predicted octanol–water partition coefficient (Wildman–Crippen LogP) is 2.65. The summed E-state index contributed by atoms with van der Waals surface area (Å²) in [5.41, 5.74) is 2.09. The van der Waals surface area contributed by atoms with Gasteiger partial charge in [-0.25, -0.2) is 0 Å². The third-order valence-corrected chi connectivity index (χ3v) is 5.26. The van der Waals surface area contributed by atoms with E-state index in [1.165, 1.54) is 11.1 Å². The van der Waals surface area contributed by atoms with Crippen molar-refractivity contribution in [3.63, 3.8) is 0 Å². The molecular formula is C17H25NO2S. The quantitative estimate of drug-likeness (QED) is 0.726. The molecular weight excluding hydrogens is 282 g/mol. The zero-order valence-electron chi connectivity index (χ0n) is 12.7. The van der Waals surface area contributed by atoms with Crippen molar-refractivity contribution in [1.29, 1.82) is 0 Å². The van der Waals surface area contributed by atoms with Gasteiger partial charge in [0.05, 0.1) is 5.41 Å². The summed E-state index contributed by atoms with van der Waals surface area (Å²) in [6, 6.07) is 8.35. The highest BCUT2D eigenvalue weighted by molar-refractivity contribution is 7.99. The molecule has 0 atom stereocenters. The SMILES string of the molecule is Cc1cccc(C2(C(=O)NCCSCCCO)CCC2)c1. The van der Waals surface area contributed by atoms with E-state index in [4.69, 9.17) is 5.11 Å². The summed E-state index contributed by atoms with van der Waals surface area (Å²) in [5.74, 6) is 2.05. The van der Waals surface area contributed by atoms with Gasteiger partial charge in [-0.05, 0) is 37.5 Å². The molecule has 0 aliphatic heterocycles. The molecule has 1 aromatic rings. The summed E-state index contributed by atoms with van der Waals surface area (Å²) in [4.78, 5) is 12.6. The molecule has 0 bridgehead atoms. The van der Waals surface area contributed by atoms with E-state index in [1.54, 1.807) is 11.8 Å². The fraction of sp³-hybridized carbons (Fsp3) is 0.588. The molecule has 0 unspecified atom stereocenters. The molecule has 0 radical (unpaired) electrons. The third-order valence-electron chi connectivity index (χ3n) is 4.19. The molecule has 0 saturated heterocycles. The van der Waals surface area contributed by atoms with E-state index < -0.39 is 0 Å². The van der Waals surface area contributed by atoms with Crippen LogP contribution in [-0.2, 0) is 10.2 Å². The number of hydrogen-bond donors (Lipinski definition) is 2. The van der Waals surface area contributed by atoms with E-state index in [9.17, 15) is 4.79 Å². The number of rotatable bonds is 8. The zero-order chi connectivity index (χ0) is 15.1.